The molecule has 6 nitrogen and oxygen atoms in total. The SMILES string of the molecule is CNC(=O)c1ccc(N2CCC(C(O)c3ccc(F)cc3)CC2)nn1. The number of anilines is 1. The quantitative estimate of drug-likeness (QED) is 0.886. The maximum Gasteiger partial charge on any atom is 0.271 e. The minimum Gasteiger partial charge on any atom is -0.388 e. The molecular formula is C18H21FN4O2. The maximum atomic E-state index is 13.0. The van der Waals surface area contributed by atoms with Gasteiger partial charge in [0.2, 0.25) is 0 Å². The number of carbonyl (C=O) groups excluding carboxylic acids is 1. The summed E-state index contributed by atoms with van der Waals surface area (Å²) in [7, 11) is 1.55. The van der Waals surface area contributed by atoms with Crippen LogP contribution in [0.3, 0.4) is 0 Å². The van der Waals surface area contributed by atoms with E-state index in [-0.39, 0.29) is 23.3 Å². The van der Waals surface area contributed by atoms with Gasteiger partial charge >= 0.3 is 0 Å². The molecule has 1 aromatic carbocycles. The number of aromatic nitrogens is 2. The molecule has 0 bridgehead atoms. The van der Waals surface area contributed by atoms with Gasteiger partial charge in [0.05, 0.1) is 6.10 Å². The smallest absolute Gasteiger partial charge is 0.271 e. The van der Waals surface area contributed by atoms with Crippen LogP contribution in [-0.4, -0.2) is 41.3 Å². The summed E-state index contributed by atoms with van der Waals surface area (Å²) in [4.78, 5) is 13.6. The molecule has 1 atom stereocenters. The Labute approximate surface area is 145 Å². The lowest BCUT2D eigenvalue weighted by Crippen LogP contribution is -2.36. The predicted octanol–water partition coefficient (Wildman–Crippen LogP) is 1.93. The minimum absolute atomic E-state index is 0.125. The van der Waals surface area contributed by atoms with Crippen molar-refractivity contribution in [3.05, 3.63) is 53.5 Å². The number of hydrogen-bond donors (Lipinski definition) is 2. The van der Waals surface area contributed by atoms with Crippen LogP contribution in [-0.2, 0) is 0 Å². The first-order chi connectivity index (χ1) is 12.1. The third kappa shape index (κ3) is 3.93. The molecule has 132 valence electrons. The van der Waals surface area contributed by atoms with E-state index in [2.05, 4.69) is 20.4 Å². The summed E-state index contributed by atoms with van der Waals surface area (Å²) in [6.45, 7) is 1.49. The molecule has 0 spiro atoms. The van der Waals surface area contributed by atoms with E-state index in [4.69, 9.17) is 0 Å². The number of nitrogens with one attached hydrogen (secondary N) is 1. The summed E-state index contributed by atoms with van der Waals surface area (Å²) in [5, 5.41) is 21.1. The van der Waals surface area contributed by atoms with E-state index < -0.39 is 6.10 Å². The van der Waals surface area contributed by atoms with Gasteiger partial charge in [-0.3, -0.25) is 4.79 Å². The van der Waals surface area contributed by atoms with Gasteiger partial charge in [0.25, 0.3) is 5.91 Å². The van der Waals surface area contributed by atoms with Crippen molar-refractivity contribution < 1.29 is 14.3 Å². The number of benzene rings is 1. The molecule has 2 aromatic rings. The number of rotatable bonds is 4. The number of aliphatic hydroxyl groups excluding tert-OH is 1. The highest BCUT2D eigenvalue weighted by atomic mass is 19.1. The van der Waals surface area contributed by atoms with Crippen LogP contribution in [0.1, 0.15) is 35.0 Å². The van der Waals surface area contributed by atoms with E-state index in [1.807, 2.05) is 0 Å². The Kier molecular flexibility index (Phi) is 5.23. The van der Waals surface area contributed by atoms with Gasteiger partial charge in [-0.2, -0.15) is 0 Å². The van der Waals surface area contributed by atoms with Crippen molar-refractivity contribution >= 4 is 11.7 Å². The zero-order chi connectivity index (χ0) is 17.8. The number of hydrogen-bond acceptors (Lipinski definition) is 5. The van der Waals surface area contributed by atoms with Crippen molar-refractivity contribution in [2.75, 3.05) is 25.0 Å². The predicted molar refractivity (Wildman–Crippen MR) is 91.7 cm³/mol. The highest BCUT2D eigenvalue weighted by Crippen LogP contribution is 2.31. The standard InChI is InChI=1S/C18H21FN4O2/c1-20-18(25)15-6-7-16(22-21-15)23-10-8-13(9-11-23)17(24)12-2-4-14(19)5-3-12/h2-7,13,17,24H,8-11H2,1H3,(H,20,25). The minimum atomic E-state index is -0.593. The van der Waals surface area contributed by atoms with E-state index in [1.165, 1.54) is 12.1 Å². The largest absolute Gasteiger partial charge is 0.388 e. The van der Waals surface area contributed by atoms with Crippen LogP contribution in [0.4, 0.5) is 10.2 Å². The summed E-state index contributed by atoms with van der Waals surface area (Å²) in [5.74, 6) is 0.284. The molecule has 3 rings (SSSR count). The van der Waals surface area contributed by atoms with Crippen molar-refractivity contribution in [3.8, 4) is 0 Å². The number of nitrogens with zero attached hydrogens (tertiary/aromatic N) is 3. The average molecular weight is 344 g/mol. The second-order valence-corrected chi connectivity index (χ2v) is 6.18. The Hall–Kier alpha value is -2.54. The van der Waals surface area contributed by atoms with E-state index >= 15 is 0 Å². The van der Waals surface area contributed by atoms with Gasteiger partial charge in [0, 0.05) is 20.1 Å². The third-order valence-electron chi connectivity index (χ3n) is 4.63. The number of halogens is 1. The van der Waals surface area contributed by atoms with Crippen molar-refractivity contribution in [1.29, 1.82) is 0 Å². The van der Waals surface area contributed by atoms with Gasteiger partial charge in [-0.05, 0) is 48.6 Å². The number of carbonyl (C=O) groups is 1. The van der Waals surface area contributed by atoms with E-state index in [0.29, 0.717) is 0 Å². The molecule has 0 saturated carbocycles. The summed E-state index contributed by atoms with van der Waals surface area (Å²) < 4.78 is 13.0. The molecule has 1 unspecified atom stereocenters. The van der Waals surface area contributed by atoms with Crippen LogP contribution >= 0.6 is 0 Å². The molecule has 7 heteroatoms. The molecule has 1 aliphatic rings. The highest BCUT2D eigenvalue weighted by Gasteiger charge is 2.27. The fourth-order valence-corrected chi connectivity index (χ4v) is 3.12. The van der Waals surface area contributed by atoms with Crippen LogP contribution in [0, 0.1) is 11.7 Å². The lowest BCUT2D eigenvalue weighted by molar-refractivity contribution is 0.0926. The maximum absolute atomic E-state index is 13.0. The Morgan fingerprint density at radius 2 is 1.88 bits per heavy atom. The molecule has 0 aliphatic carbocycles. The second kappa shape index (κ2) is 7.57. The van der Waals surface area contributed by atoms with Crippen molar-refractivity contribution in [2.45, 2.75) is 18.9 Å². The van der Waals surface area contributed by atoms with Crippen molar-refractivity contribution in [3.63, 3.8) is 0 Å². The zero-order valence-corrected chi connectivity index (χ0v) is 14.0. The fourth-order valence-electron chi connectivity index (χ4n) is 3.12. The number of piperidine rings is 1. The van der Waals surface area contributed by atoms with Crippen molar-refractivity contribution in [2.24, 2.45) is 5.92 Å². The number of amides is 1. The lowest BCUT2D eigenvalue weighted by Gasteiger charge is -2.34. The van der Waals surface area contributed by atoms with E-state index in [1.54, 1.807) is 31.3 Å². The van der Waals surface area contributed by atoms with Crippen LogP contribution < -0.4 is 10.2 Å². The molecule has 2 N–H and O–H groups in total. The molecule has 1 aliphatic heterocycles. The van der Waals surface area contributed by atoms with Crippen LogP contribution in [0.15, 0.2) is 36.4 Å². The first-order valence-electron chi connectivity index (χ1n) is 8.33. The Bertz CT molecular complexity index is 713. The van der Waals surface area contributed by atoms with Crippen LogP contribution in [0.25, 0.3) is 0 Å². The first-order valence-corrected chi connectivity index (χ1v) is 8.33. The normalized spacial score (nSPS) is 16.5. The zero-order valence-electron chi connectivity index (χ0n) is 14.0. The second-order valence-electron chi connectivity index (χ2n) is 6.18. The first kappa shape index (κ1) is 17.3. The van der Waals surface area contributed by atoms with Gasteiger partial charge < -0.3 is 15.3 Å². The van der Waals surface area contributed by atoms with E-state index in [0.717, 1.165) is 37.3 Å². The third-order valence-corrected chi connectivity index (χ3v) is 4.63. The molecule has 1 aromatic heterocycles. The fraction of sp³-hybridized carbons (Fsp3) is 0.389. The number of aliphatic hydroxyl groups is 1. The summed E-state index contributed by atoms with van der Waals surface area (Å²) in [6.07, 6.45) is 1.01. The highest BCUT2D eigenvalue weighted by molar-refractivity contribution is 5.91. The molecule has 2 heterocycles. The molecule has 25 heavy (non-hydrogen) atoms. The molecule has 0 radical (unpaired) electrons. The van der Waals surface area contributed by atoms with Gasteiger partial charge in [0.1, 0.15) is 5.82 Å². The average Bonchev–Trinajstić information content (AvgIpc) is 2.67. The van der Waals surface area contributed by atoms with Crippen LogP contribution in [0.2, 0.25) is 0 Å². The van der Waals surface area contributed by atoms with Gasteiger partial charge in [-0.1, -0.05) is 12.1 Å². The summed E-state index contributed by atoms with van der Waals surface area (Å²) >= 11 is 0. The molecule has 1 fully saturated rings. The Morgan fingerprint density at radius 1 is 1.20 bits per heavy atom. The molecular weight excluding hydrogens is 323 g/mol. The van der Waals surface area contributed by atoms with Crippen molar-refractivity contribution in [1.82, 2.24) is 15.5 Å². The summed E-state index contributed by atoms with van der Waals surface area (Å²) in [5.41, 5.74) is 1.03. The molecule has 1 saturated heterocycles. The lowest BCUT2D eigenvalue weighted by atomic mass is 9.87. The van der Waals surface area contributed by atoms with E-state index in [9.17, 15) is 14.3 Å². The van der Waals surface area contributed by atoms with Crippen LogP contribution in [0.5, 0.6) is 0 Å². The Balaban J connectivity index is 1.59. The van der Waals surface area contributed by atoms with Gasteiger partial charge in [-0.15, -0.1) is 10.2 Å². The monoisotopic (exact) mass is 344 g/mol. The summed E-state index contributed by atoms with van der Waals surface area (Å²) in [6, 6.07) is 9.45. The Morgan fingerprint density at radius 3 is 2.44 bits per heavy atom. The topological polar surface area (TPSA) is 78.4 Å². The van der Waals surface area contributed by atoms with Gasteiger partial charge in [0.15, 0.2) is 11.5 Å². The molecule has 1 amide bonds. The van der Waals surface area contributed by atoms with Gasteiger partial charge in [-0.25, -0.2) is 4.39 Å².